The molecule has 7 N–H and O–H groups in total. The zero-order valence-electron chi connectivity index (χ0n) is 18.9. The van der Waals surface area contributed by atoms with Crippen LogP contribution in [0.5, 0.6) is 0 Å². The van der Waals surface area contributed by atoms with Crippen molar-refractivity contribution in [2.45, 2.75) is 18.0 Å². The van der Waals surface area contributed by atoms with E-state index in [9.17, 15) is 4.79 Å². The zero-order chi connectivity index (χ0) is 22.7. The molecule has 2 amide bonds. The van der Waals surface area contributed by atoms with Crippen LogP contribution < -0.4 is 15.5 Å². The number of carbonyl (C=O) groups is 1. The minimum absolute atomic E-state index is 0. The molecule has 0 bridgehead atoms. The Morgan fingerprint density at radius 1 is 0.857 bits per heavy atom. The van der Waals surface area contributed by atoms with Gasteiger partial charge in [0, 0.05) is 29.5 Å². The maximum absolute atomic E-state index is 12.1. The number of aromatic nitrogens is 1. The van der Waals surface area contributed by atoms with Crippen LogP contribution in [0.1, 0.15) is 11.1 Å². The fourth-order valence-electron chi connectivity index (χ4n) is 3.20. The van der Waals surface area contributed by atoms with Crippen LogP contribution in [0.25, 0.3) is 11.1 Å². The lowest BCUT2D eigenvalue weighted by Crippen LogP contribution is -2.28. The summed E-state index contributed by atoms with van der Waals surface area (Å²) in [6.45, 7) is 0.858. The third kappa shape index (κ3) is 8.53. The molecule has 1 heterocycles. The highest BCUT2D eigenvalue weighted by Gasteiger charge is 2.05. The summed E-state index contributed by atoms with van der Waals surface area (Å²) in [6, 6.07) is 29.5. The van der Waals surface area contributed by atoms with Gasteiger partial charge < -0.3 is 21.6 Å². The van der Waals surface area contributed by atoms with E-state index in [1.165, 1.54) is 11.9 Å². The molecule has 0 aliphatic rings. The zero-order valence-corrected chi connectivity index (χ0v) is 19.7. The lowest BCUT2D eigenvalue weighted by Gasteiger charge is -2.11. The van der Waals surface area contributed by atoms with E-state index in [0.29, 0.717) is 18.8 Å². The van der Waals surface area contributed by atoms with Crippen molar-refractivity contribution in [1.29, 1.82) is 0 Å². The second-order valence-corrected chi connectivity index (χ2v) is 8.03. The smallest absolute Gasteiger partial charge is 0.319 e. The molecule has 35 heavy (non-hydrogen) atoms. The summed E-state index contributed by atoms with van der Waals surface area (Å²) in [7, 11) is 0. The predicted molar refractivity (Wildman–Crippen MR) is 139 cm³/mol. The lowest BCUT2D eigenvalue weighted by molar-refractivity contribution is 0.0874. The van der Waals surface area contributed by atoms with Gasteiger partial charge in [0.05, 0.1) is 6.61 Å². The summed E-state index contributed by atoms with van der Waals surface area (Å²) < 4.78 is 0. The third-order valence-corrected chi connectivity index (χ3v) is 5.55. The van der Waals surface area contributed by atoms with Gasteiger partial charge >= 0.3 is 6.03 Å². The number of rotatable bonds is 9. The van der Waals surface area contributed by atoms with E-state index in [1.54, 1.807) is 12.4 Å². The molecule has 182 valence electrons. The molecule has 1 aromatic heterocycles. The highest BCUT2D eigenvalue weighted by molar-refractivity contribution is 7.97. The summed E-state index contributed by atoms with van der Waals surface area (Å²) >= 11 is 1.37. The van der Waals surface area contributed by atoms with Crippen LogP contribution >= 0.6 is 11.9 Å². The number of carbonyl (C=O) groups excluding carboxylic acids is 1. The molecule has 0 saturated carbocycles. The molecule has 0 fully saturated rings. The fourth-order valence-corrected chi connectivity index (χ4v) is 3.68. The molecule has 9 heteroatoms. The van der Waals surface area contributed by atoms with Crippen molar-refractivity contribution in [3.8, 4) is 11.1 Å². The van der Waals surface area contributed by atoms with Crippen LogP contribution in [0.4, 0.5) is 10.5 Å². The normalized spacial score (nSPS) is 9.94. The minimum atomic E-state index is -0.266. The Morgan fingerprint density at radius 3 is 2.34 bits per heavy atom. The Labute approximate surface area is 208 Å². The highest BCUT2D eigenvalue weighted by Crippen LogP contribution is 2.24. The maximum atomic E-state index is 12.1. The predicted octanol–water partition coefficient (Wildman–Crippen LogP) is 4.15. The summed E-state index contributed by atoms with van der Waals surface area (Å²) in [5.41, 5.74) is 5.07. The number of amides is 2. The minimum Gasteiger partial charge on any atom is -0.412 e. The molecule has 0 spiro atoms. The van der Waals surface area contributed by atoms with Gasteiger partial charge in [-0.25, -0.2) is 4.79 Å². The van der Waals surface area contributed by atoms with Gasteiger partial charge in [0.1, 0.15) is 0 Å². The SMILES string of the molecule is O.O.O=C(NCc1cccnc1)Nc1ccc(SNOCc2ccccc2-c2ccccc2)cc1. The Balaban J connectivity index is 0.00000216. The van der Waals surface area contributed by atoms with Gasteiger partial charge in [0.15, 0.2) is 0 Å². The molecule has 0 radical (unpaired) electrons. The Hall–Kier alpha value is -3.73. The molecule has 0 aliphatic carbocycles. The Bertz CT molecular complexity index is 1160. The van der Waals surface area contributed by atoms with Crippen molar-refractivity contribution >= 4 is 23.7 Å². The van der Waals surface area contributed by atoms with Gasteiger partial charge in [0.2, 0.25) is 0 Å². The molecule has 4 rings (SSSR count). The fraction of sp³-hybridized carbons (Fsp3) is 0.0769. The summed E-state index contributed by atoms with van der Waals surface area (Å²) in [6.07, 6.45) is 3.42. The van der Waals surface area contributed by atoms with Gasteiger partial charge in [-0.2, -0.15) is 0 Å². The maximum Gasteiger partial charge on any atom is 0.319 e. The molecule has 0 atom stereocenters. The average Bonchev–Trinajstić information content (AvgIpc) is 2.88. The van der Waals surface area contributed by atoms with Gasteiger partial charge in [-0.1, -0.05) is 60.7 Å². The summed E-state index contributed by atoms with van der Waals surface area (Å²) in [4.78, 5) is 25.7. The number of anilines is 1. The Morgan fingerprint density at radius 2 is 1.60 bits per heavy atom. The van der Waals surface area contributed by atoms with Crippen molar-refractivity contribution in [1.82, 2.24) is 15.2 Å². The van der Waals surface area contributed by atoms with Crippen molar-refractivity contribution < 1.29 is 20.6 Å². The molecule has 0 unspecified atom stereocenters. The van der Waals surface area contributed by atoms with E-state index in [0.717, 1.165) is 27.1 Å². The van der Waals surface area contributed by atoms with Gasteiger partial charge in [-0.3, -0.25) is 9.82 Å². The monoisotopic (exact) mass is 492 g/mol. The number of hydrogen-bond acceptors (Lipinski definition) is 5. The number of pyridine rings is 1. The van der Waals surface area contributed by atoms with Crippen LogP contribution in [0, 0.1) is 0 Å². The quantitative estimate of drug-likeness (QED) is 0.183. The molecular formula is C26H28N4O4S. The first kappa shape index (κ1) is 27.5. The average molecular weight is 493 g/mol. The molecule has 8 nitrogen and oxygen atoms in total. The van der Waals surface area contributed by atoms with E-state index in [1.807, 2.05) is 66.7 Å². The van der Waals surface area contributed by atoms with Crippen molar-refractivity contribution in [2.75, 3.05) is 5.32 Å². The second-order valence-electron chi connectivity index (χ2n) is 7.19. The van der Waals surface area contributed by atoms with E-state index in [-0.39, 0.29) is 17.0 Å². The lowest BCUT2D eigenvalue weighted by atomic mass is 10.0. The molecule has 3 aromatic carbocycles. The molecule has 4 aromatic rings. The first-order valence-electron chi connectivity index (χ1n) is 10.5. The first-order chi connectivity index (χ1) is 16.3. The van der Waals surface area contributed by atoms with Gasteiger partial charge in [-0.05, 0) is 64.5 Å². The molecule has 0 saturated heterocycles. The van der Waals surface area contributed by atoms with Gasteiger partial charge in [-0.15, -0.1) is 4.89 Å². The van der Waals surface area contributed by atoms with Crippen LogP contribution in [0.15, 0.2) is 108 Å². The third-order valence-electron chi connectivity index (χ3n) is 4.84. The van der Waals surface area contributed by atoms with Crippen LogP contribution in [-0.4, -0.2) is 22.0 Å². The Kier molecular flexibility index (Phi) is 11.4. The number of urea groups is 1. The topological polar surface area (TPSA) is 138 Å². The van der Waals surface area contributed by atoms with Crippen LogP contribution in [0.3, 0.4) is 0 Å². The second kappa shape index (κ2) is 14.5. The molecular weight excluding hydrogens is 464 g/mol. The first-order valence-corrected chi connectivity index (χ1v) is 11.3. The van der Waals surface area contributed by atoms with Crippen LogP contribution in [0.2, 0.25) is 0 Å². The highest BCUT2D eigenvalue weighted by atomic mass is 32.2. The number of hydrogen-bond donors (Lipinski definition) is 3. The van der Waals surface area contributed by atoms with Crippen molar-refractivity contribution in [3.63, 3.8) is 0 Å². The summed E-state index contributed by atoms with van der Waals surface area (Å²) in [5.74, 6) is 0. The summed E-state index contributed by atoms with van der Waals surface area (Å²) in [5, 5.41) is 5.63. The van der Waals surface area contributed by atoms with Gasteiger partial charge in [0.25, 0.3) is 0 Å². The van der Waals surface area contributed by atoms with Crippen molar-refractivity contribution in [2.24, 2.45) is 0 Å². The standard InChI is InChI=1S/C26H24N4O2S.2H2O/c31-26(28-18-20-7-6-16-27-17-20)29-23-12-14-24(15-13-23)33-30-32-19-22-10-4-5-11-25(22)21-8-2-1-3-9-21;;/h1-17,30H,18-19H2,(H2,28,29,31);2*1H2. The number of nitrogens with zero attached hydrogens (tertiary/aromatic N) is 1. The van der Waals surface area contributed by atoms with Crippen LogP contribution in [-0.2, 0) is 18.0 Å². The van der Waals surface area contributed by atoms with E-state index in [2.05, 4.69) is 44.8 Å². The molecule has 0 aliphatic heterocycles. The van der Waals surface area contributed by atoms with E-state index in [4.69, 9.17) is 4.84 Å². The number of nitrogens with one attached hydrogen (secondary N) is 3. The number of benzene rings is 3. The van der Waals surface area contributed by atoms with Crippen molar-refractivity contribution in [3.05, 3.63) is 115 Å². The largest absolute Gasteiger partial charge is 0.412 e. The van der Waals surface area contributed by atoms with E-state index < -0.39 is 0 Å². The van der Waals surface area contributed by atoms with E-state index >= 15 is 0 Å².